The van der Waals surface area contributed by atoms with Gasteiger partial charge in [-0.2, -0.15) is 0 Å². The van der Waals surface area contributed by atoms with E-state index in [0.717, 1.165) is 28.5 Å². The lowest BCUT2D eigenvalue weighted by atomic mass is 10.1. The predicted octanol–water partition coefficient (Wildman–Crippen LogP) is 2.96. The van der Waals surface area contributed by atoms with Crippen LogP contribution in [0.1, 0.15) is 17.1 Å². The third-order valence-electron chi connectivity index (χ3n) is 3.05. The Morgan fingerprint density at radius 3 is 2.61 bits per heavy atom. The number of hydrogen-bond acceptors (Lipinski definition) is 4. The normalized spacial score (nSPS) is 11.3. The second kappa shape index (κ2) is 3.81. The van der Waals surface area contributed by atoms with Crippen molar-refractivity contribution in [3.05, 3.63) is 34.6 Å². The molecule has 92 valence electrons. The third-order valence-corrected chi connectivity index (χ3v) is 3.26. The molecular formula is C12H11ClN4O. The summed E-state index contributed by atoms with van der Waals surface area (Å²) in [7, 11) is 0. The van der Waals surface area contributed by atoms with Crippen LogP contribution in [0.25, 0.3) is 17.0 Å². The van der Waals surface area contributed by atoms with Gasteiger partial charge in [-0.15, -0.1) is 10.2 Å². The van der Waals surface area contributed by atoms with Crippen LogP contribution in [0.3, 0.4) is 0 Å². The number of aryl methyl sites for hydroxylation is 2. The SMILES string of the molecule is Cc1oc(C)c(-c2nnc3cc(Cl)ncn23)c1C. The average molecular weight is 263 g/mol. The Hall–Kier alpha value is -1.88. The summed E-state index contributed by atoms with van der Waals surface area (Å²) in [6.07, 6.45) is 1.62. The van der Waals surface area contributed by atoms with Gasteiger partial charge in [0, 0.05) is 11.6 Å². The summed E-state index contributed by atoms with van der Waals surface area (Å²) < 4.78 is 7.42. The van der Waals surface area contributed by atoms with Gasteiger partial charge in [0.1, 0.15) is 23.0 Å². The fourth-order valence-electron chi connectivity index (χ4n) is 2.07. The Morgan fingerprint density at radius 1 is 1.17 bits per heavy atom. The summed E-state index contributed by atoms with van der Waals surface area (Å²) >= 11 is 5.83. The number of rotatable bonds is 1. The van der Waals surface area contributed by atoms with E-state index in [1.165, 1.54) is 0 Å². The summed E-state index contributed by atoms with van der Waals surface area (Å²) in [6.45, 7) is 5.86. The molecule has 3 aromatic rings. The van der Waals surface area contributed by atoms with E-state index in [-0.39, 0.29) is 0 Å². The molecule has 3 heterocycles. The van der Waals surface area contributed by atoms with Crippen molar-refractivity contribution in [2.24, 2.45) is 0 Å². The van der Waals surface area contributed by atoms with Crippen molar-refractivity contribution < 1.29 is 4.42 Å². The molecule has 0 aromatic carbocycles. The monoisotopic (exact) mass is 262 g/mol. The predicted molar refractivity (Wildman–Crippen MR) is 67.7 cm³/mol. The fourth-order valence-corrected chi connectivity index (χ4v) is 2.21. The van der Waals surface area contributed by atoms with Crippen LogP contribution in [0.15, 0.2) is 16.8 Å². The molecule has 5 nitrogen and oxygen atoms in total. The minimum atomic E-state index is 0.401. The number of aromatic nitrogens is 4. The molecule has 3 rings (SSSR count). The lowest BCUT2D eigenvalue weighted by Gasteiger charge is -1.99. The summed E-state index contributed by atoms with van der Waals surface area (Å²) in [6, 6.07) is 1.68. The van der Waals surface area contributed by atoms with Crippen molar-refractivity contribution in [1.82, 2.24) is 19.6 Å². The molecule has 0 amide bonds. The van der Waals surface area contributed by atoms with Crippen LogP contribution < -0.4 is 0 Å². The maximum absolute atomic E-state index is 5.83. The van der Waals surface area contributed by atoms with E-state index in [9.17, 15) is 0 Å². The molecule has 6 heteroatoms. The van der Waals surface area contributed by atoms with Gasteiger partial charge < -0.3 is 4.42 Å². The quantitative estimate of drug-likeness (QED) is 0.633. The van der Waals surface area contributed by atoms with Gasteiger partial charge in [0.05, 0.1) is 5.56 Å². The van der Waals surface area contributed by atoms with Crippen LogP contribution in [-0.2, 0) is 0 Å². The van der Waals surface area contributed by atoms with Gasteiger partial charge in [-0.3, -0.25) is 4.40 Å². The zero-order valence-corrected chi connectivity index (χ0v) is 11.0. The molecule has 3 aromatic heterocycles. The van der Waals surface area contributed by atoms with E-state index in [1.54, 1.807) is 16.8 Å². The van der Waals surface area contributed by atoms with Gasteiger partial charge in [0.25, 0.3) is 0 Å². The highest BCUT2D eigenvalue weighted by molar-refractivity contribution is 6.29. The van der Waals surface area contributed by atoms with Crippen LogP contribution in [-0.4, -0.2) is 19.6 Å². The Morgan fingerprint density at radius 2 is 1.94 bits per heavy atom. The minimum absolute atomic E-state index is 0.401. The molecule has 18 heavy (non-hydrogen) atoms. The van der Waals surface area contributed by atoms with Gasteiger partial charge in [-0.25, -0.2) is 4.98 Å². The second-order valence-corrected chi connectivity index (χ2v) is 4.57. The van der Waals surface area contributed by atoms with Gasteiger partial charge in [0.15, 0.2) is 11.5 Å². The Balaban J connectivity index is 2.32. The molecule has 0 fully saturated rings. The molecule has 0 aliphatic rings. The summed E-state index contributed by atoms with van der Waals surface area (Å²) in [4.78, 5) is 4.05. The molecule has 0 radical (unpaired) electrons. The molecule has 0 N–H and O–H groups in total. The summed E-state index contributed by atoms with van der Waals surface area (Å²) in [5.74, 6) is 2.44. The van der Waals surface area contributed by atoms with Crippen molar-refractivity contribution in [3.8, 4) is 11.4 Å². The number of hydrogen-bond donors (Lipinski definition) is 0. The highest BCUT2D eigenvalue weighted by Gasteiger charge is 2.18. The fraction of sp³-hybridized carbons (Fsp3) is 0.250. The summed E-state index contributed by atoms with van der Waals surface area (Å²) in [5.41, 5.74) is 2.70. The van der Waals surface area contributed by atoms with E-state index >= 15 is 0 Å². The smallest absolute Gasteiger partial charge is 0.173 e. The van der Waals surface area contributed by atoms with Crippen LogP contribution in [0, 0.1) is 20.8 Å². The van der Waals surface area contributed by atoms with Crippen LogP contribution in [0.4, 0.5) is 0 Å². The molecule has 0 atom stereocenters. The number of furan rings is 1. The zero-order chi connectivity index (χ0) is 12.9. The van der Waals surface area contributed by atoms with Gasteiger partial charge in [-0.1, -0.05) is 11.6 Å². The van der Waals surface area contributed by atoms with Crippen LogP contribution in [0.5, 0.6) is 0 Å². The van der Waals surface area contributed by atoms with Crippen LogP contribution in [0.2, 0.25) is 5.15 Å². The van der Waals surface area contributed by atoms with Crippen molar-refractivity contribution in [3.63, 3.8) is 0 Å². The summed E-state index contributed by atoms with van der Waals surface area (Å²) in [5, 5.41) is 8.69. The second-order valence-electron chi connectivity index (χ2n) is 4.18. The Kier molecular flexibility index (Phi) is 2.38. The molecular weight excluding hydrogens is 252 g/mol. The Bertz CT molecular complexity index is 744. The van der Waals surface area contributed by atoms with E-state index in [2.05, 4.69) is 15.2 Å². The molecule has 0 aliphatic carbocycles. The first-order valence-corrected chi connectivity index (χ1v) is 5.89. The van der Waals surface area contributed by atoms with E-state index in [0.29, 0.717) is 10.8 Å². The molecule has 0 spiro atoms. The molecule has 0 aliphatic heterocycles. The van der Waals surface area contributed by atoms with Crippen LogP contribution >= 0.6 is 11.6 Å². The van der Waals surface area contributed by atoms with Crippen molar-refractivity contribution in [2.45, 2.75) is 20.8 Å². The van der Waals surface area contributed by atoms with Gasteiger partial charge >= 0.3 is 0 Å². The number of nitrogens with zero attached hydrogens (tertiary/aromatic N) is 4. The molecule has 0 unspecified atom stereocenters. The molecule has 0 saturated heterocycles. The van der Waals surface area contributed by atoms with E-state index in [1.807, 2.05) is 20.8 Å². The van der Waals surface area contributed by atoms with Crippen molar-refractivity contribution >= 4 is 17.2 Å². The van der Waals surface area contributed by atoms with Crippen molar-refractivity contribution in [1.29, 1.82) is 0 Å². The first-order chi connectivity index (χ1) is 8.58. The van der Waals surface area contributed by atoms with Gasteiger partial charge in [0.2, 0.25) is 0 Å². The Labute approximate surface area is 108 Å². The third kappa shape index (κ3) is 1.51. The molecule has 0 bridgehead atoms. The standard InChI is InChI=1S/C12H11ClN4O/c1-6-7(2)18-8(3)11(6)12-16-15-10-4-9(13)14-5-17(10)12/h4-5H,1-3H3. The number of fused-ring (bicyclic) bond motifs is 1. The minimum Gasteiger partial charge on any atom is -0.466 e. The van der Waals surface area contributed by atoms with E-state index in [4.69, 9.17) is 16.0 Å². The zero-order valence-electron chi connectivity index (χ0n) is 10.2. The molecule has 0 saturated carbocycles. The largest absolute Gasteiger partial charge is 0.466 e. The highest BCUT2D eigenvalue weighted by Crippen LogP contribution is 2.30. The topological polar surface area (TPSA) is 56.2 Å². The van der Waals surface area contributed by atoms with Crippen molar-refractivity contribution in [2.75, 3.05) is 0 Å². The lowest BCUT2D eigenvalue weighted by molar-refractivity contribution is 0.503. The number of halogens is 1. The first-order valence-electron chi connectivity index (χ1n) is 5.51. The average Bonchev–Trinajstić information content (AvgIpc) is 2.81. The lowest BCUT2D eigenvalue weighted by Crippen LogP contribution is -1.92. The first kappa shape index (κ1) is 11.2. The maximum Gasteiger partial charge on any atom is 0.173 e. The van der Waals surface area contributed by atoms with E-state index < -0.39 is 0 Å². The maximum atomic E-state index is 5.83. The van der Waals surface area contributed by atoms with Gasteiger partial charge in [-0.05, 0) is 20.8 Å². The highest BCUT2D eigenvalue weighted by atomic mass is 35.5.